The summed E-state index contributed by atoms with van der Waals surface area (Å²) in [5.74, 6) is 1.66. The minimum Gasteiger partial charge on any atom is -0.339 e. The summed E-state index contributed by atoms with van der Waals surface area (Å²) in [7, 11) is 0. The Morgan fingerprint density at radius 1 is 1.17 bits per heavy atom. The molecule has 118 valence electrons. The Hall–Kier alpha value is -1.86. The second kappa shape index (κ2) is 7.14. The topological polar surface area (TPSA) is 63.6 Å². The Labute approximate surface area is 143 Å². The lowest BCUT2D eigenvalue weighted by Crippen LogP contribution is -2.01. The third-order valence-electron chi connectivity index (χ3n) is 3.19. The Kier molecular flexibility index (Phi) is 4.97. The number of rotatable bonds is 5. The summed E-state index contributed by atoms with van der Waals surface area (Å²) in [6, 6.07) is 8.17. The van der Waals surface area contributed by atoms with Crippen molar-refractivity contribution in [2.24, 2.45) is 0 Å². The fourth-order valence-electron chi connectivity index (χ4n) is 2.21. The summed E-state index contributed by atoms with van der Waals surface area (Å²) in [5.41, 5.74) is 2.85. The molecule has 0 aliphatic carbocycles. The molecule has 0 atom stereocenters. The van der Waals surface area contributed by atoms with E-state index < -0.39 is 0 Å². The van der Waals surface area contributed by atoms with Crippen LogP contribution in [0.2, 0.25) is 0 Å². The van der Waals surface area contributed by atoms with Crippen molar-refractivity contribution in [3.8, 4) is 0 Å². The van der Waals surface area contributed by atoms with Crippen LogP contribution in [0.5, 0.6) is 0 Å². The summed E-state index contributed by atoms with van der Waals surface area (Å²) in [6.45, 7) is 4.15. The highest BCUT2D eigenvalue weighted by molar-refractivity contribution is 7.99. The fraction of sp³-hybridized carbons (Fsp3) is 0.250. The summed E-state index contributed by atoms with van der Waals surface area (Å²) >= 11 is 3.20. The first-order valence-corrected chi connectivity index (χ1v) is 9.45. The van der Waals surface area contributed by atoms with Crippen LogP contribution in [0.4, 0.5) is 11.5 Å². The highest BCUT2D eigenvalue weighted by atomic mass is 32.2. The molecule has 0 amide bonds. The Bertz CT molecular complexity index is 838. The average Bonchev–Trinajstić information content (AvgIpc) is 2.54. The molecule has 3 rings (SSSR count). The SMILES string of the molecule is CCSc1nc(SC)c2c(Nc3cccc(C)c3)ncnc2n1. The van der Waals surface area contributed by atoms with Gasteiger partial charge in [-0.3, -0.25) is 0 Å². The van der Waals surface area contributed by atoms with Crippen LogP contribution in [0.1, 0.15) is 12.5 Å². The molecule has 7 heteroatoms. The minimum absolute atomic E-state index is 0.672. The zero-order valence-electron chi connectivity index (χ0n) is 13.2. The van der Waals surface area contributed by atoms with E-state index in [1.165, 1.54) is 11.9 Å². The van der Waals surface area contributed by atoms with Crippen molar-refractivity contribution in [3.63, 3.8) is 0 Å². The van der Waals surface area contributed by atoms with Gasteiger partial charge >= 0.3 is 0 Å². The summed E-state index contributed by atoms with van der Waals surface area (Å²) in [6.07, 6.45) is 3.55. The second-order valence-corrected chi connectivity index (χ2v) is 6.89. The number of anilines is 2. The molecule has 3 aromatic rings. The number of hydrogen-bond acceptors (Lipinski definition) is 7. The summed E-state index contributed by atoms with van der Waals surface area (Å²) in [4.78, 5) is 17.9. The highest BCUT2D eigenvalue weighted by Gasteiger charge is 2.14. The Morgan fingerprint density at radius 3 is 2.78 bits per heavy atom. The molecule has 0 bridgehead atoms. The largest absolute Gasteiger partial charge is 0.339 e. The highest BCUT2D eigenvalue weighted by Crippen LogP contribution is 2.31. The van der Waals surface area contributed by atoms with Crippen molar-refractivity contribution in [1.29, 1.82) is 0 Å². The van der Waals surface area contributed by atoms with Crippen molar-refractivity contribution >= 4 is 46.1 Å². The van der Waals surface area contributed by atoms with Gasteiger partial charge < -0.3 is 5.32 Å². The summed E-state index contributed by atoms with van der Waals surface area (Å²) < 4.78 is 0. The maximum Gasteiger partial charge on any atom is 0.190 e. The maximum atomic E-state index is 4.62. The van der Waals surface area contributed by atoms with Gasteiger partial charge in [0.1, 0.15) is 17.2 Å². The van der Waals surface area contributed by atoms with Crippen molar-refractivity contribution in [2.75, 3.05) is 17.3 Å². The minimum atomic E-state index is 0.672. The third kappa shape index (κ3) is 3.56. The Morgan fingerprint density at radius 2 is 2.04 bits per heavy atom. The number of thioether (sulfide) groups is 2. The average molecular weight is 343 g/mol. The number of nitrogens with zero attached hydrogens (tertiary/aromatic N) is 4. The van der Waals surface area contributed by atoms with Gasteiger partial charge in [-0.25, -0.2) is 19.9 Å². The van der Waals surface area contributed by atoms with Crippen LogP contribution >= 0.6 is 23.5 Å². The van der Waals surface area contributed by atoms with Gasteiger partial charge in [0.2, 0.25) is 0 Å². The first kappa shape index (κ1) is 16.0. The van der Waals surface area contributed by atoms with Gasteiger partial charge in [-0.05, 0) is 36.6 Å². The van der Waals surface area contributed by atoms with Gasteiger partial charge in [-0.1, -0.05) is 30.8 Å². The number of fused-ring (bicyclic) bond motifs is 1. The number of aromatic nitrogens is 4. The molecule has 0 spiro atoms. The first-order chi connectivity index (χ1) is 11.2. The van der Waals surface area contributed by atoms with E-state index in [0.29, 0.717) is 5.65 Å². The van der Waals surface area contributed by atoms with Gasteiger partial charge in [-0.15, -0.1) is 11.8 Å². The predicted molar refractivity (Wildman–Crippen MR) is 97.8 cm³/mol. The van der Waals surface area contributed by atoms with Gasteiger partial charge in [0.05, 0.1) is 5.39 Å². The fourth-order valence-corrected chi connectivity index (χ4v) is 3.40. The molecule has 2 aromatic heterocycles. The normalized spacial score (nSPS) is 10.9. The lowest BCUT2D eigenvalue weighted by molar-refractivity contribution is 0.917. The molecule has 2 heterocycles. The molecule has 0 aliphatic rings. The van der Waals surface area contributed by atoms with Gasteiger partial charge in [-0.2, -0.15) is 0 Å². The van der Waals surface area contributed by atoms with Crippen LogP contribution in [0, 0.1) is 6.92 Å². The Balaban J connectivity index is 2.10. The third-order valence-corrected chi connectivity index (χ3v) is 4.60. The zero-order chi connectivity index (χ0) is 16.2. The van der Waals surface area contributed by atoms with Crippen LogP contribution < -0.4 is 5.32 Å². The van der Waals surface area contributed by atoms with E-state index in [4.69, 9.17) is 0 Å². The molecular formula is C16H17N5S2. The number of benzene rings is 1. The molecule has 1 aromatic carbocycles. The molecule has 5 nitrogen and oxygen atoms in total. The number of aryl methyl sites for hydroxylation is 1. The van der Waals surface area contributed by atoms with Crippen LogP contribution in [0.15, 0.2) is 40.8 Å². The second-order valence-electron chi connectivity index (χ2n) is 4.86. The van der Waals surface area contributed by atoms with Crippen LogP contribution in [0.3, 0.4) is 0 Å². The molecule has 0 radical (unpaired) electrons. The zero-order valence-corrected chi connectivity index (χ0v) is 14.8. The molecule has 0 saturated heterocycles. The van der Waals surface area contributed by atoms with E-state index >= 15 is 0 Å². The van der Waals surface area contributed by atoms with E-state index in [9.17, 15) is 0 Å². The molecular weight excluding hydrogens is 326 g/mol. The van der Waals surface area contributed by atoms with E-state index in [2.05, 4.69) is 51.2 Å². The molecule has 0 fully saturated rings. The van der Waals surface area contributed by atoms with Crippen molar-refractivity contribution in [3.05, 3.63) is 36.2 Å². The quantitative estimate of drug-likeness (QED) is 0.421. The van der Waals surface area contributed by atoms with Crippen LogP contribution in [-0.2, 0) is 0 Å². The van der Waals surface area contributed by atoms with Crippen molar-refractivity contribution in [1.82, 2.24) is 19.9 Å². The monoisotopic (exact) mass is 343 g/mol. The molecule has 0 unspecified atom stereocenters. The van der Waals surface area contributed by atoms with Gasteiger partial charge in [0.15, 0.2) is 10.8 Å². The molecule has 0 saturated carbocycles. The smallest absolute Gasteiger partial charge is 0.190 e. The number of hydrogen-bond donors (Lipinski definition) is 1. The standard InChI is InChI=1S/C16H17N5S2/c1-4-23-16-20-14-12(15(21-16)22-3)13(17-9-18-14)19-11-7-5-6-10(2)8-11/h5-9H,4H2,1-3H3,(H,17,18,19,20,21). The maximum absolute atomic E-state index is 4.62. The van der Waals surface area contributed by atoms with Crippen molar-refractivity contribution < 1.29 is 0 Å². The van der Waals surface area contributed by atoms with Crippen molar-refractivity contribution in [2.45, 2.75) is 24.0 Å². The molecule has 0 aliphatic heterocycles. The van der Waals surface area contributed by atoms with Gasteiger partial charge in [0, 0.05) is 5.69 Å². The molecule has 1 N–H and O–H groups in total. The first-order valence-electron chi connectivity index (χ1n) is 7.24. The summed E-state index contributed by atoms with van der Waals surface area (Å²) in [5, 5.41) is 5.87. The number of nitrogens with one attached hydrogen (secondary N) is 1. The predicted octanol–water partition coefficient (Wildman–Crippen LogP) is 4.31. The van der Waals surface area contributed by atoms with Gasteiger partial charge in [0.25, 0.3) is 0 Å². The van der Waals surface area contributed by atoms with E-state index in [1.54, 1.807) is 23.5 Å². The van der Waals surface area contributed by atoms with Crippen LogP contribution in [-0.4, -0.2) is 31.9 Å². The molecule has 23 heavy (non-hydrogen) atoms. The van der Waals surface area contributed by atoms with Crippen LogP contribution in [0.25, 0.3) is 11.0 Å². The lowest BCUT2D eigenvalue weighted by Gasteiger charge is -2.11. The lowest BCUT2D eigenvalue weighted by atomic mass is 10.2. The van der Waals surface area contributed by atoms with E-state index in [-0.39, 0.29) is 0 Å². The van der Waals surface area contributed by atoms with E-state index in [0.717, 1.165) is 32.8 Å². The van der Waals surface area contributed by atoms with E-state index in [1.807, 2.05) is 18.4 Å².